The van der Waals surface area contributed by atoms with Crippen LogP contribution in [-0.4, -0.2) is 40.1 Å². The van der Waals surface area contributed by atoms with Gasteiger partial charge in [0.15, 0.2) is 0 Å². The summed E-state index contributed by atoms with van der Waals surface area (Å²) in [6, 6.07) is 0. The fourth-order valence-corrected chi connectivity index (χ4v) is 2.07. The SMILES string of the molecule is CCOC[C@H]1O[C@@H](n2cc(C)c(=O)[nH]c2=O)C[C@@H]1O. The maximum absolute atomic E-state index is 11.7. The van der Waals surface area contributed by atoms with Crippen LogP contribution < -0.4 is 11.2 Å². The van der Waals surface area contributed by atoms with E-state index in [9.17, 15) is 14.7 Å². The van der Waals surface area contributed by atoms with Gasteiger partial charge in [-0.2, -0.15) is 0 Å². The largest absolute Gasteiger partial charge is 0.390 e. The molecule has 7 heteroatoms. The van der Waals surface area contributed by atoms with E-state index in [0.717, 1.165) is 0 Å². The molecule has 1 saturated heterocycles. The van der Waals surface area contributed by atoms with E-state index in [4.69, 9.17) is 9.47 Å². The average Bonchev–Trinajstić information content (AvgIpc) is 2.72. The molecule has 1 aliphatic heterocycles. The lowest BCUT2D eigenvalue weighted by Crippen LogP contribution is -2.33. The van der Waals surface area contributed by atoms with E-state index in [-0.39, 0.29) is 6.61 Å². The second kappa shape index (κ2) is 5.68. The maximum Gasteiger partial charge on any atom is 0.330 e. The monoisotopic (exact) mass is 270 g/mol. The highest BCUT2D eigenvalue weighted by Gasteiger charge is 2.35. The minimum absolute atomic E-state index is 0.283. The molecule has 7 nitrogen and oxygen atoms in total. The Morgan fingerprint density at radius 2 is 2.32 bits per heavy atom. The highest BCUT2D eigenvalue weighted by molar-refractivity contribution is 5.02. The van der Waals surface area contributed by atoms with Gasteiger partial charge in [-0.25, -0.2) is 4.79 Å². The van der Waals surface area contributed by atoms with Gasteiger partial charge in [0, 0.05) is 24.8 Å². The van der Waals surface area contributed by atoms with Crippen molar-refractivity contribution in [2.75, 3.05) is 13.2 Å². The molecule has 0 saturated carbocycles. The van der Waals surface area contributed by atoms with Crippen LogP contribution in [0.1, 0.15) is 25.1 Å². The van der Waals surface area contributed by atoms with E-state index >= 15 is 0 Å². The topological polar surface area (TPSA) is 93.5 Å². The number of aromatic amines is 1. The molecule has 1 fully saturated rings. The molecule has 1 aromatic rings. The Balaban J connectivity index is 2.18. The summed E-state index contributed by atoms with van der Waals surface area (Å²) in [5, 5.41) is 9.87. The molecule has 0 bridgehead atoms. The third-order valence-corrected chi connectivity index (χ3v) is 3.15. The molecule has 0 radical (unpaired) electrons. The van der Waals surface area contributed by atoms with Crippen molar-refractivity contribution in [3.63, 3.8) is 0 Å². The first-order valence-corrected chi connectivity index (χ1v) is 6.26. The van der Waals surface area contributed by atoms with Gasteiger partial charge in [-0.05, 0) is 13.8 Å². The predicted molar refractivity (Wildman–Crippen MR) is 67.1 cm³/mol. The highest BCUT2D eigenvalue weighted by atomic mass is 16.6. The van der Waals surface area contributed by atoms with E-state index in [0.29, 0.717) is 18.6 Å². The van der Waals surface area contributed by atoms with E-state index in [1.807, 2.05) is 6.92 Å². The minimum atomic E-state index is -0.685. The number of aromatic nitrogens is 2. The van der Waals surface area contributed by atoms with Gasteiger partial charge in [0.1, 0.15) is 12.3 Å². The van der Waals surface area contributed by atoms with Gasteiger partial charge in [0.2, 0.25) is 0 Å². The van der Waals surface area contributed by atoms with Gasteiger partial charge >= 0.3 is 5.69 Å². The average molecular weight is 270 g/mol. The number of nitrogens with one attached hydrogen (secondary N) is 1. The Labute approximate surface area is 109 Å². The summed E-state index contributed by atoms with van der Waals surface area (Å²) in [6.07, 6.45) is 0.0216. The number of H-pyrrole nitrogens is 1. The quantitative estimate of drug-likeness (QED) is 0.771. The Morgan fingerprint density at radius 3 is 3.00 bits per heavy atom. The number of aliphatic hydroxyl groups is 1. The van der Waals surface area contributed by atoms with E-state index < -0.39 is 29.7 Å². The van der Waals surface area contributed by atoms with Crippen molar-refractivity contribution in [3.8, 4) is 0 Å². The Bertz CT molecular complexity index is 550. The van der Waals surface area contributed by atoms with Crippen LogP contribution in [0.25, 0.3) is 0 Å². The van der Waals surface area contributed by atoms with Gasteiger partial charge in [-0.1, -0.05) is 0 Å². The number of ether oxygens (including phenoxy) is 2. The van der Waals surface area contributed by atoms with Crippen LogP contribution in [0.5, 0.6) is 0 Å². The van der Waals surface area contributed by atoms with Crippen molar-refractivity contribution in [1.29, 1.82) is 0 Å². The first-order chi connectivity index (χ1) is 9.02. The molecule has 0 amide bonds. The molecule has 0 aliphatic carbocycles. The summed E-state index contributed by atoms with van der Waals surface area (Å²) >= 11 is 0. The smallest absolute Gasteiger partial charge is 0.330 e. The fraction of sp³-hybridized carbons (Fsp3) is 0.667. The first kappa shape index (κ1) is 14.0. The van der Waals surface area contributed by atoms with Crippen LogP contribution >= 0.6 is 0 Å². The zero-order chi connectivity index (χ0) is 14.0. The van der Waals surface area contributed by atoms with Crippen LogP contribution in [0, 0.1) is 6.92 Å². The van der Waals surface area contributed by atoms with Crippen molar-refractivity contribution >= 4 is 0 Å². The van der Waals surface area contributed by atoms with Gasteiger partial charge in [0.25, 0.3) is 5.56 Å². The molecule has 0 aromatic carbocycles. The Morgan fingerprint density at radius 1 is 1.58 bits per heavy atom. The number of hydrogen-bond acceptors (Lipinski definition) is 5. The minimum Gasteiger partial charge on any atom is -0.390 e. The molecule has 0 spiro atoms. The van der Waals surface area contributed by atoms with Crippen molar-refractivity contribution in [1.82, 2.24) is 9.55 Å². The number of nitrogens with zero attached hydrogens (tertiary/aromatic N) is 1. The maximum atomic E-state index is 11.7. The van der Waals surface area contributed by atoms with Crippen LogP contribution in [0.15, 0.2) is 15.8 Å². The van der Waals surface area contributed by atoms with Crippen molar-refractivity contribution in [2.45, 2.75) is 38.7 Å². The lowest BCUT2D eigenvalue weighted by molar-refractivity contribution is -0.0617. The van der Waals surface area contributed by atoms with Crippen LogP contribution in [-0.2, 0) is 9.47 Å². The number of rotatable bonds is 4. The molecular weight excluding hydrogens is 252 g/mol. The van der Waals surface area contributed by atoms with Crippen LogP contribution in [0.3, 0.4) is 0 Å². The molecule has 1 aliphatic rings. The summed E-state index contributed by atoms with van der Waals surface area (Å²) < 4.78 is 12.1. The molecule has 1 aromatic heterocycles. The highest BCUT2D eigenvalue weighted by Crippen LogP contribution is 2.27. The molecular formula is C12H18N2O5. The molecule has 2 heterocycles. The third kappa shape index (κ3) is 2.94. The van der Waals surface area contributed by atoms with E-state index in [2.05, 4.69) is 4.98 Å². The lowest BCUT2D eigenvalue weighted by atomic mass is 10.2. The van der Waals surface area contributed by atoms with Crippen LogP contribution in [0.4, 0.5) is 0 Å². The summed E-state index contributed by atoms with van der Waals surface area (Å²) in [4.78, 5) is 25.2. The van der Waals surface area contributed by atoms with Crippen molar-refractivity contribution < 1.29 is 14.6 Å². The molecule has 2 rings (SSSR count). The van der Waals surface area contributed by atoms with Crippen molar-refractivity contribution in [2.24, 2.45) is 0 Å². The van der Waals surface area contributed by atoms with Crippen LogP contribution in [0.2, 0.25) is 0 Å². The predicted octanol–water partition coefficient (Wildman–Crippen LogP) is -0.470. The van der Waals surface area contributed by atoms with E-state index in [1.54, 1.807) is 6.92 Å². The summed E-state index contributed by atoms with van der Waals surface area (Å²) in [5.41, 5.74) is -0.526. The Kier molecular flexibility index (Phi) is 4.18. The third-order valence-electron chi connectivity index (χ3n) is 3.15. The van der Waals surface area contributed by atoms with Gasteiger partial charge in [0.05, 0.1) is 12.7 Å². The summed E-state index contributed by atoms with van der Waals surface area (Å²) in [7, 11) is 0. The molecule has 0 unspecified atom stereocenters. The van der Waals surface area contributed by atoms with Gasteiger partial charge in [-0.15, -0.1) is 0 Å². The van der Waals surface area contributed by atoms with Gasteiger partial charge in [-0.3, -0.25) is 14.3 Å². The standard InChI is InChI=1S/C12H18N2O5/c1-3-18-6-9-8(15)4-10(19-9)14-5-7(2)11(16)13-12(14)17/h5,8-10,15H,3-4,6H2,1-2H3,(H,13,16,17)/t8-,9+,10+/m0/s1. The zero-order valence-electron chi connectivity index (χ0n) is 11.0. The molecule has 2 N–H and O–H groups in total. The normalized spacial score (nSPS) is 26.8. The number of hydrogen-bond donors (Lipinski definition) is 2. The second-order valence-electron chi connectivity index (χ2n) is 4.57. The molecule has 3 atom stereocenters. The molecule has 106 valence electrons. The summed E-state index contributed by atoms with van der Waals surface area (Å²) in [6.45, 7) is 4.28. The van der Waals surface area contributed by atoms with E-state index in [1.165, 1.54) is 10.8 Å². The number of aryl methyl sites for hydroxylation is 1. The van der Waals surface area contributed by atoms with Crippen molar-refractivity contribution in [3.05, 3.63) is 32.6 Å². The van der Waals surface area contributed by atoms with Gasteiger partial charge < -0.3 is 14.6 Å². The molecule has 19 heavy (non-hydrogen) atoms. The first-order valence-electron chi connectivity index (χ1n) is 6.26. The second-order valence-corrected chi connectivity index (χ2v) is 4.57. The summed E-state index contributed by atoms with van der Waals surface area (Å²) in [5.74, 6) is 0. The fourth-order valence-electron chi connectivity index (χ4n) is 2.07. The number of aliphatic hydroxyl groups excluding tert-OH is 1. The Hall–Kier alpha value is -1.44. The zero-order valence-corrected chi connectivity index (χ0v) is 11.0. The lowest BCUT2D eigenvalue weighted by Gasteiger charge is -2.16.